The Balaban J connectivity index is 3.50. The number of aliphatic hydroxyl groups is 2. The minimum absolute atomic E-state index is 0.0387. The van der Waals surface area contributed by atoms with Crippen LogP contribution in [0.3, 0.4) is 0 Å². The average Bonchev–Trinajstić information content (AvgIpc) is 3.22. The molecule has 0 heterocycles. The number of hydrogen-bond donors (Lipinski definition) is 3. The maximum Gasteiger partial charge on any atom is 0.305 e. The molecule has 2 unspecified atom stereocenters. The number of esters is 1. The fourth-order valence-corrected chi connectivity index (χ4v) is 7.79. The van der Waals surface area contributed by atoms with Crippen LogP contribution >= 0.6 is 0 Å². The molecule has 0 fully saturated rings. The third-order valence-corrected chi connectivity index (χ3v) is 11.8. The number of ether oxygens (including phenoxy) is 1. The summed E-state index contributed by atoms with van der Waals surface area (Å²) < 4.78 is 5.44. The lowest BCUT2D eigenvalue weighted by Crippen LogP contribution is -2.45. The molecule has 2 atom stereocenters. The van der Waals surface area contributed by atoms with E-state index in [1.807, 2.05) is 0 Å². The third kappa shape index (κ3) is 43.9. The van der Waals surface area contributed by atoms with Gasteiger partial charge in [-0.3, -0.25) is 9.59 Å². The lowest BCUT2D eigenvalue weighted by atomic mass is 10.0. The molecular weight excluding hydrogens is 719 g/mol. The number of allylic oxidation sites excluding steroid dienone is 4. The van der Waals surface area contributed by atoms with E-state index in [0.29, 0.717) is 25.9 Å². The summed E-state index contributed by atoms with van der Waals surface area (Å²) in [5.41, 5.74) is 0. The lowest BCUT2D eigenvalue weighted by Gasteiger charge is -2.22. The van der Waals surface area contributed by atoms with Crippen molar-refractivity contribution in [3.05, 3.63) is 24.3 Å². The van der Waals surface area contributed by atoms with Gasteiger partial charge in [0, 0.05) is 12.8 Å². The van der Waals surface area contributed by atoms with Crippen LogP contribution in [0.5, 0.6) is 0 Å². The molecule has 0 aliphatic heterocycles. The summed E-state index contributed by atoms with van der Waals surface area (Å²) in [6.45, 7) is 4.86. The highest BCUT2D eigenvalue weighted by Crippen LogP contribution is 2.16. The Morgan fingerprint density at radius 3 is 1.34 bits per heavy atom. The van der Waals surface area contributed by atoms with Crippen molar-refractivity contribution in [1.29, 1.82) is 0 Å². The first-order valence-electron chi connectivity index (χ1n) is 25.6. The van der Waals surface area contributed by atoms with Crippen LogP contribution in [-0.4, -0.2) is 47.4 Å². The molecule has 6 heteroatoms. The molecule has 0 aromatic carbocycles. The second-order valence-corrected chi connectivity index (χ2v) is 17.5. The van der Waals surface area contributed by atoms with E-state index < -0.39 is 12.1 Å². The summed E-state index contributed by atoms with van der Waals surface area (Å²) in [6.07, 6.45) is 55.7. The van der Waals surface area contributed by atoms with E-state index in [4.69, 9.17) is 4.74 Å². The van der Waals surface area contributed by atoms with Crippen molar-refractivity contribution < 1.29 is 24.5 Å². The number of rotatable bonds is 47. The Labute approximate surface area is 361 Å². The van der Waals surface area contributed by atoms with Gasteiger partial charge in [-0.15, -0.1) is 0 Å². The number of carbonyl (C=O) groups excluding carboxylic acids is 2. The van der Waals surface area contributed by atoms with Crippen LogP contribution in [0.15, 0.2) is 24.3 Å². The smallest absolute Gasteiger partial charge is 0.305 e. The third-order valence-electron chi connectivity index (χ3n) is 11.8. The monoisotopic (exact) mass is 818 g/mol. The largest absolute Gasteiger partial charge is 0.466 e. The summed E-state index contributed by atoms with van der Waals surface area (Å²) >= 11 is 0. The standard InChI is InChI=1S/C52H99NO5/c1-3-5-7-9-11-13-15-17-19-20-22-23-25-28-32-36-40-44-50(55)49(48-54)53-51(56)45-41-37-33-29-27-31-35-39-43-47-58-52(57)46-42-38-34-30-26-24-21-18-16-14-12-10-8-6-4-2/h12,14,18,21,49-50,54-55H,3-11,13,15-17,19-20,22-48H2,1-2H3,(H,53,56)/b14-12-,21-18-. The van der Waals surface area contributed by atoms with Crippen LogP contribution in [0.2, 0.25) is 0 Å². The average molecular weight is 818 g/mol. The van der Waals surface area contributed by atoms with Crippen LogP contribution in [0, 0.1) is 0 Å². The minimum atomic E-state index is -0.682. The first-order chi connectivity index (χ1) is 28.5. The van der Waals surface area contributed by atoms with Crippen LogP contribution in [0.1, 0.15) is 271 Å². The summed E-state index contributed by atoms with van der Waals surface area (Å²) in [7, 11) is 0. The van der Waals surface area contributed by atoms with Crippen LogP contribution in [-0.2, 0) is 14.3 Å². The number of nitrogens with one attached hydrogen (secondary N) is 1. The van der Waals surface area contributed by atoms with Gasteiger partial charge in [-0.25, -0.2) is 0 Å². The molecule has 0 rings (SSSR count). The molecule has 0 aliphatic rings. The van der Waals surface area contributed by atoms with Gasteiger partial charge in [-0.2, -0.15) is 0 Å². The van der Waals surface area contributed by atoms with Crippen LogP contribution in [0.25, 0.3) is 0 Å². The molecule has 0 saturated heterocycles. The van der Waals surface area contributed by atoms with Gasteiger partial charge in [0.25, 0.3) is 0 Å². The molecular formula is C52H99NO5. The van der Waals surface area contributed by atoms with Gasteiger partial charge in [-0.05, 0) is 57.8 Å². The zero-order chi connectivity index (χ0) is 42.3. The Morgan fingerprint density at radius 1 is 0.483 bits per heavy atom. The summed E-state index contributed by atoms with van der Waals surface area (Å²) in [4.78, 5) is 24.5. The Kier molecular flexibility index (Phi) is 46.6. The van der Waals surface area contributed by atoms with Gasteiger partial charge in [-0.1, -0.05) is 224 Å². The molecule has 0 aliphatic carbocycles. The van der Waals surface area contributed by atoms with E-state index in [1.54, 1.807) is 0 Å². The molecule has 342 valence electrons. The highest BCUT2D eigenvalue weighted by molar-refractivity contribution is 5.76. The van der Waals surface area contributed by atoms with Crippen molar-refractivity contribution in [2.24, 2.45) is 0 Å². The summed E-state index contributed by atoms with van der Waals surface area (Å²) in [5.74, 6) is -0.101. The zero-order valence-corrected chi connectivity index (χ0v) is 38.8. The summed E-state index contributed by atoms with van der Waals surface area (Å²) in [5, 5.41) is 23.2. The van der Waals surface area contributed by atoms with Crippen molar-refractivity contribution in [2.45, 2.75) is 283 Å². The molecule has 0 aromatic heterocycles. The first-order valence-corrected chi connectivity index (χ1v) is 25.6. The van der Waals surface area contributed by atoms with Crippen LogP contribution < -0.4 is 5.32 Å². The quantitative estimate of drug-likeness (QED) is 0.0323. The van der Waals surface area contributed by atoms with Gasteiger partial charge in [0.05, 0.1) is 25.4 Å². The highest BCUT2D eigenvalue weighted by atomic mass is 16.5. The van der Waals surface area contributed by atoms with E-state index in [-0.39, 0.29) is 18.5 Å². The minimum Gasteiger partial charge on any atom is -0.466 e. The Bertz CT molecular complexity index is 904. The molecule has 3 N–H and O–H groups in total. The van der Waals surface area contributed by atoms with Crippen molar-refractivity contribution in [2.75, 3.05) is 13.2 Å². The van der Waals surface area contributed by atoms with Gasteiger partial charge in [0.2, 0.25) is 5.91 Å². The fourth-order valence-electron chi connectivity index (χ4n) is 7.79. The van der Waals surface area contributed by atoms with Gasteiger partial charge in [0.15, 0.2) is 0 Å². The molecule has 0 saturated carbocycles. The van der Waals surface area contributed by atoms with Crippen molar-refractivity contribution in [3.8, 4) is 0 Å². The number of carbonyl (C=O) groups is 2. The van der Waals surface area contributed by atoms with Crippen molar-refractivity contribution >= 4 is 11.9 Å². The molecule has 0 aromatic rings. The Morgan fingerprint density at radius 2 is 0.862 bits per heavy atom. The first kappa shape index (κ1) is 56.3. The highest BCUT2D eigenvalue weighted by Gasteiger charge is 2.20. The van der Waals surface area contributed by atoms with E-state index in [0.717, 1.165) is 70.6 Å². The predicted octanol–water partition coefficient (Wildman–Crippen LogP) is 15.1. The molecule has 58 heavy (non-hydrogen) atoms. The normalized spacial score (nSPS) is 12.8. The van der Waals surface area contributed by atoms with E-state index in [1.165, 1.54) is 167 Å². The lowest BCUT2D eigenvalue weighted by molar-refractivity contribution is -0.143. The topological polar surface area (TPSA) is 95.9 Å². The van der Waals surface area contributed by atoms with Gasteiger partial charge < -0.3 is 20.3 Å². The number of unbranched alkanes of at least 4 members (excludes halogenated alkanes) is 32. The van der Waals surface area contributed by atoms with Crippen molar-refractivity contribution in [1.82, 2.24) is 5.32 Å². The Hall–Kier alpha value is -1.66. The van der Waals surface area contributed by atoms with Crippen molar-refractivity contribution in [3.63, 3.8) is 0 Å². The van der Waals surface area contributed by atoms with E-state index >= 15 is 0 Å². The van der Waals surface area contributed by atoms with E-state index in [9.17, 15) is 19.8 Å². The van der Waals surface area contributed by atoms with E-state index in [2.05, 4.69) is 43.5 Å². The summed E-state index contributed by atoms with van der Waals surface area (Å²) in [6, 6.07) is -0.562. The maximum absolute atomic E-state index is 12.4. The molecule has 1 amide bonds. The number of amides is 1. The molecule has 0 bridgehead atoms. The fraction of sp³-hybridized carbons (Fsp3) is 0.885. The number of aliphatic hydroxyl groups excluding tert-OH is 2. The SMILES string of the molecule is CCCCC/C=C\C/C=C\CCCCCCCC(=O)OCCCCCCCCCCCC(=O)NC(CO)C(O)CCCCCCCCCCCCCCCCCCC. The van der Waals surface area contributed by atoms with Gasteiger partial charge >= 0.3 is 5.97 Å². The van der Waals surface area contributed by atoms with Crippen LogP contribution in [0.4, 0.5) is 0 Å². The second kappa shape index (κ2) is 48.0. The van der Waals surface area contributed by atoms with Gasteiger partial charge in [0.1, 0.15) is 0 Å². The predicted molar refractivity (Wildman–Crippen MR) is 250 cm³/mol. The maximum atomic E-state index is 12.4. The zero-order valence-electron chi connectivity index (χ0n) is 38.8. The number of hydrogen-bond acceptors (Lipinski definition) is 5. The molecule has 0 radical (unpaired) electrons. The molecule has 0 spiro atoms. The molecule has 6 nitrogen and oxygen atoms in total. The second-order valence-electron chi connectivity index (χ2n) is 17.5.